The molecule has 1 N–H and O–H groups in total. The van der Waals surface area contributed by atoms with Gasteiger partial charge in [0.15, 0.2) is 0 Å². The molecule has 0 bridgehead atoms. The summed E-state index contributed by atoms with van der Waals surface area (Å²) >= 11 is 0. The maximum Gasteiger partial charge on any atom is 0.494 e. The minimum absolute atomic E-state index is 0.184. The summed E-state index contributed by atoms with van der Waals surface area (Å²) in [5.41, 5.74) is 1.79. The molecule has 2 aliphatic rings. The Balaban J connectivity index is 1.43. The number of carbonyl (C=O) groups is 1. The fraction of sp³-hybridized carbons (Fsp3) is 0.455. The Hall–Kier alpha value is -2.38. The second-order valence-corrected chi connectivity index (χ2v) is 8.76. The Bertz CT molecular complexity index is 876. The molecular weight excluding hydrogens is 365 g/mol. The number of hydrogen-bond donors (Lipinski definition) is 1. The molecule has 3 heterocycles. The van der Waals surface area contributed by atoms with Crippen molar-refractivity contribution in [2.24, 2.45) is 0 Å². The molecule has 152 valence electrons. The molecule has 2 aliphatic heterocycles. The van der Waals surface area contributed by atoms with Crippen LogP contribution < -0.4 is 15.7 Å². The van der Waals surface area contributed by atoms with E-state index in [0.29, 0.717) is 11.4 Å². The number of carbonyl (C=O) groups excluding carboxylic acids is 1. The maximum atomic E-state index is 12.7. The van der Waals surface area contributed by atoms with Crippen LogP contribution in [0.15, 0.2) is 42.6 Å². The monoisotopic (exact) mass is 393 g/mol. The number of amides is 1. The van der Waals surface area contributed by atoms with E-state index in [1.165, 1.54) is 12.8 Å². The third-order valence-corrected chi connectivity index (χ3v) is 6.15. The van der Waals surface area contributed by atoms with Crippen molar-refractivity contribution in [2.45, 2.75) is 51.7 Å². The van der Waals surface area contributed by atoms with E-state index >= 15 is 0 Å². The van der Waals surface area contributed by atoms with Gasteiger partial charge in [0.2, 0.25) is 0 Å². The van der Waals surface area contributed by atoms with Gasteiger partial charge in [-0.3, -0.25) is 4.79 Å². The molecule has 2 fully saturated rings. The van der Waals surface area contributed by atoms with Crippen LogP contribution in [0.5, 0.6) is 0 Å². The van der Waals surface area contributed by atoms with Crippen LogP contribution in [0.2, 0.25) is 0 Å². The number of anilines is 2. The van der Waals surface area contributed by atoms with Crippen molar-refractivity contribution in [1.29, 1.82) is 0 Å². The summed E-state index contributed by atoms with van der Waals surface area (Å²) in [6.07, 6.45) is 4.16. The second kappa shape index (κ2) is 7.46. The maximum absolute atomic E-state index is 12.7. The fourth-order valence-electron chi connectivity index (χ4n) is 3.62. The Kier molecular flexibility index (Phi) is 5.13. The highest BCUT2D eigenvalue weighted by atomic mass is 16.7. The van der Waals surface area contributed by atoms with Crippen molar-refractivity contribution in [3.63, 3.8) is 0 Å². The molecule has 2 aromatic rings. The van der Waals surface area contributed by atoms with Gasteiger partial charge < -0.3 is 19.5 Å². The van der Waals surface area contributed by atoms with Crippen molar-refractivity contribution in [3.05, 3.63) is 48.2 Å². The van der Waals surface area contributed by atoms with Gasteiger partial charge in [0.25, 0.3) is 5.91 Å². The third kappa shape index (κ3) is 4.02. The molecule has 0 unspecified atom stereocenters. The van der Waals surface area contributed by atoms with Crippen LogP contribution in [-0.4, -0.2) is 42.3 Å². The van der Waals surface area contributed by atoms with E-state index in [-0.39, 0.29) is 17.1 Å². The molecular formula is C22H28BN3O3. The van der Waals surface area contributed by atoms with Crippen LogP contribution in [0, 0.1) is 0 Å². The normalized spacial score (nSPS) is 20.1. The molecule has 4 rings (SSSR count). The van der Waals surface area contributed by atoms with Gasteiger partial charge in [0.05, 0.1) is 11.2 Å². The summed E-state index contributed by atoms with van der Waals surface area (Å²) in [4.78, 5) is 19.3. The summed E-state index contributed by atoms with van der Waals surface area (Å²) in [5.74, 6) is 0.381. The number of hydrogen-bond acceptors (Lipinski definition) is 5. The molecule has 1 aromatic carbocycles. The molecule has 0 aliphatic carbocycles. The number of pyridine rings is 1. The minimum atomic E-state index is -0.434. The summed E-state index contributed by atoms with van der Waals surface area (Å²) in [6, 6.07) is 11.3. The van der Waals surface area contributed by atoms with Gasteiger partial charge in [0, 0.05) is 36.6 Å². The number of benzene rings is 1. The first-order valence-corrected chi connectivity index (χ1v) is 10.2. The van der Waals surface area contributed by atoms with Gasteiger partial charge in [-0.15, -0.1) is 0 Å². The predicted octanol–water partition coefficient (Wildman–Crippen LogP) is 3.23. The largest absolute Gasteiger partial charge is 0.494 e. The highest BCUT2D eigenvalue weighted by molar-refractivity contribution is 6.62. The lowest BCUT2D eigenvalue weighted by Gasteiger charge is -2.32. The number of rotatable bonds is 4. The van der Waals surface area contributed by atoms with E-state index in [9.17, 15) is 4.79 Å². The highest BCUT2D eigenvalue weighted by Crippen LogP contribution is 2.36. The second-order valence-electron chi connectivity index (χ2n) is 8.76. The number of aromatic nitrogens is 1. The SMILES string of the molecule is CC1(C)OB(c2ccc(C(=O)Nc3cc(N4CCCC4)ccn3)cc2)OC1(C)C. The number of nitrogens with zero attached hydrogens (tertiary/aromatic N) is 2. The van der Waals surface area contributed by atoms with Crippen LogP contribution in [0.3, 0.4) is 0 Å². The van der Waals surface area contributed by atoms with Crippen LogP contribution in [0.25, 0.3) is 0 Å². The van der Waals surface area contributed by atoms with E-state index in [1.54, 1.807) is 18.3 Å². The molecule has 6 nitrogen and oxygen atoms in total. The van der Waals surface area contributed by atoms with E-state index < -0.39 is 7.12 Å². The van der Waals surface area contributed by atoms with Gasteiger partial charge in [-0.1, -0.05) is 12.1 Å². The Labute approximate surface area is 172 Å². The lowest BCUT2D eigenvalue weighted by molar-refractivity contribution is 0.00578. The molecule has 2 saturated heterocycles. The van der Waals surface area contributed by atoms with Crippen LogP contribution in [-0.2, 0) is 9.31 Å². The molecule has 0 atom stereocenters. The van der Waals surface area contributed by atoms with E-state index in [1.807, 2.05) is 52.0 Å². The standard InChI is InChI=1S/C22H28BN3O3/c1-21(2)22(3,4)29-23(28-21)17-9-7-16(8-10-17)20(27)25-19-15-18(11-12-24-19)26-13-5-6-14-26/h7-12,15H,5-6,13-14H2,1-4H3,(H,24,25,27). The average molecular weight is 393 g/mol. The first-order valence-electron chi connectivity index (χ1n) is 10.2. The topological polar surface area (TPSA) is 63.7 Å². The van der Waals surface area contributed by atoms with E-state index in [0.717, 1.165) is 24.2 Å². The van der Waals surface area contributed by atoms with Gasteiger partial charge in [-0.2, -0.15) is 0 Å². The van der Waals surface area contributed by atoms with Gasteiger partial charge >= 0.3 is 7.12 Å². The fourth-order valence-corrected chi connectivity index (χ4v) is 3.62. The van der Waals surface area contributed by atoms with Crippen molar-refractivity contribution in [1.82, 2.24) is 4.98 Å². The van der Waals surface area contributed by atoms with E-state index in [4.69, 9.17) is 9.31 Å². The quantitative estimate of drug-likeness (QED) is 0.809. The summed E-state index contributed by atoms with van der Waals surface area (Å²) in [7, 11) is -0.434. The average Bonchev–Trinajstić information content (AvgIpc) is 3.29. The summed E-state index contributed by atoms with van der Waals surface area (Å²) in [6.45, 7) is 10.2. The van der Waals surface area contributed by atoms with Crippen molar-refractivity contribution < 1.29 is 14.1 Å². The highest BCUT2D eigenvalue weighted by Gasteiger charge is 2.51. The molecule has 0 radical (unpaired) electrons. The molecule has 0 saturated carbocycles. The lowest BCUT2D eigenvalue weighted by atomic mass is 9.79. The van der Waals surface area contributed by atoms with Crippen LogP contribution >= 0.6 is 0 Å². The molecule has 1 aromatic heterocycles. The zero-order valence-electron chi connectivity index (χ0n) is 17.6. The van der Waals surface area contributed by atoms with Crippen LogP contribution in [0.4, 0.5) is 11.5 Å². The van der Waals surface area contributed by atoms with Crippen LogP contribution in [0.1, 0.15) is 50.9 Å². The zero-order chi connectivity index (χ0) is 20.6. The third-order valence-electron chi connectivity index (χ3n) is 6.15. The minimum Gasteiger partial charge on any atom is -0.399 e. The van der Waals surface area contributed by atoms with Crippen molar-refractivity contribution in [2.75, 3.05) is 23.3 Å². The smallest absolute Gasteiger partial charge is 0.399 e. The molecule has 0 spiro atoms. The van der Waals surface area contributed by atoms with Crippen molar-refractivity contribution in [3.8, 4) is 0 Å². The lowest BCUT2D eigenvalue weighted by Crippen LogP contribution is -2.41. The molecule has 7 heteroatoms. The summed E-state index contributed by atoms with van der Waals surface area (Å²) in [5, 5.41) is 2.90. The predicted molar refractivity (Wildman–Crippen MR) is 116 cm³/mol. The summed E-state index contributed by atoms with van der Waals surface area (Å²) < 4.78 is 12.1. The molecule has 1 amide bonds. The van der Waals surface area contributed by atoms with Crippen molar-refractivity contribution >= 4 is 30.0 Å². The van der Waals surface area contributed by atoms with Gasteiger partial charge in [-0.25, -0.2) is 4.98 Å². The first-order chi connectivity index (χ1) is 13.7. The Morgan fingerprint density at radius 1 is 1.03 bits per heavy atom. The zero-order valence-corrected chi connectivity index (χ0v) is 17.6. The molecule has 29 heavy (non-hydrogen) atoms. The van der Waals surface area contributed by atoms with Gasteiger partial charge in [0.1, 0.15) is 5.82 Å². The first kappa shape index (κ1) is 19.9. The van der Waals surface area contributed by atoms with Gasteiger partial charge in [-0.05, 0) is 64.2 Å². The Morgan fingerprint density at radius 2 is 1.66 bits per heavy atom. The Morgan fingerprint density at radius 3 is 2.28 bits per heavy atom. The number of nitrogens with one attached hydrogen (secondary N) is 1. The van der Waals surface area contributed by atoms with E-state index in [2.05, 4.69) is 15.2 Å².